The van der Waals surface area contributed by atoms with E-state index in [9.17, 15) is 13.2 Å². The van der Waals surface area contributed by atoms with Crippen LogP contribution in [0.4, 0.5) is 4.79 Å². The summed E-state index contributed by atoms with van der Waals surface area (Å²) in [7, 11) is -2.68. The second-order valence-electron chi connectivity index (χ2n) is 1.89. The fourth-order valence-corrected chi connectivity index (χ4v) is 0.576. The number of hydrogen-bond donors (Lipinski definition) is 0. The summed E-state index contributed by atoms with van der Waals surface area (Å²) < 4.78 is 26.6. The van der Waals surface area contributed by atoms with E-state index in [4.69, 9.17) is 0 Å². The lowest BCUT2D eigenvalue weighted by Crippen LogP contribution is -1.99. The Morgan fingerprint density at radius 1 is 1.50 bits per heavy atom. The van der Waals surface area contributed by atoms with Gasteiger partial charge in [0.25, 0.3) is 0 Å². The molecule has 6 heteroatoms. The van der Waals surface area contributed by atoms with Crippen LogP contribution in [-0.4, -0.2) is 20.6 Å². The van der Waals surface area contributed by atoms with Gasteiger partial charge < -0.3 is 4.74 Å². The molecule has 0 aromatic rings. The molecule has 5 nitrogen and oxygen atoms in total. The van der Waals surface area contributed by atoms with Crippen molar-refractivity contribution < 1.29 is 17.9 Å². The number of rotatable bonds is 1. The highest BCUT2D eigenvalue weighted by Gasteiger charge is 2.25. The molecule has 1 amide bonds. The van der Waals surface area contributed by atoms with Gasteiger partial charge >= 0.3 is 16.6 Å². The predicted molar refractivity (Wildman–Crippen MR) is 30.9 cm³/mol. The standard InChI is InChI=1S/C4H5NO4S/c6-4(5-10(7)8)9-3-1-2-3/h3H,1-2H2. The minimum Gasteiger partial charge on any atom is -0.444 e. The maximum Gasteiger partial charge on any atom is 0.448 e. The van der Waals surface area contributed by atoms with E-state index in [1.54, 1.807) is 0 Å². The van der Waals surface area contributed by atoms with Gasteiger partial charge in [-0.05, 0) is 12.8 Å². The molecule has 0 radical (unpaired) electrons. The second kappa shape index (κ2) is 2.78. The number of nitrogens with zero attached hydrogens (tertiary/aromatic N) is 1. The van der Waals surface area contributed by atoms with E-state index in [0.29, 0.717) is 0 Å². The molecule has 0 N–H and O–H groups in total. The number of amides is 1. The van der Waals surface area contributed by atoms with Gasteiger partial charge in [-0.2, -0.15) is 8.42 Å². The zero-order valence-electron chi connectivity index (χ0n) is 4.98. The van der Waals surface area contributed by atoms with Gasteiger partial charge in [0.1, 0.15) is 6.10 Å². The Kier molecular flexibility index (Phi) is 2.00. The Morgan fingerprint density at radius 3 is 2.50 bits per heavy atom. The zero-order valence-corrected chi connectivity index (χ0v) is 5.80. The third-order valence-corrected chi connectivity index (χ3v) is 1.24. The third-order valence-electron chi connectivity index (χ3n) is 0.941. The predicted octanol–water partition coefficient (Wildman–Crippen LogP) is 0.348. The van der Waals surface area contributed by atoms with E-state index in [2.05, 4.69) is 9.10 Å². The van der Waals surface area contributed by atoms with Crippen molar-refractivity contribution in [2.45, 2.75) is 18.9 Å². The molecule has 10 heavy (non-hydrogen) atoms. The first-order chi connectivity index (χ1) is 4.68. The SMILES string of the molecule is O=C(N=S(=O)=O)OC1CC1. The average molecular weight is 163 g/mol. The van der Waals surface area contributed by atoms with Crippen molar-refractivity contribution in [1.29, 1.82) is 0 Å². The number of hydrogen-bond acceptors (Lipinski definition) is 4. The molecule has 1 aliphatic carbocycles. The lowest BCUT2D eigenvalue weighted by atomic mass is 10.8. The Balaban J connectivity index is 2.41. The molecule has 0 heterocycles. The summed E-state index contributed by atoms with van der Waals surface area (Å²) >= 11 is 0. The number of ether oxygens (including phenoxy) is 1. The summed E-state index contributed by atoms with van der Waals surface area (Å²) in [4.78, 5) is 10.3. The van der Waals surface area contributed by atoms with E-state index in [-0.39, 0.29) is 6.10 Å². The molecule has 0 aromatic heterocycles. The van der Waals surface area contributed by atoms with Gasteiger partial charge in [-0.3, -0.25) is 0 Å². The van der Waals surface area contributed by atoms with Gasteiger partial charge in [0.05, 0.1) is 0 Å². The summed E-state index contributed by atoms with van der Waals surface area (Å²) in [5.74, 6) is 0. The van der Waals surface area contributed by atoms with Crippen molar-refractivity contribution in [3.8, 4) is 0 Å². The normalized spacial score (nSPS) is 16.0. The average Bonchev–Trinajstić information content (AvgIpc) is 2.46. The van der Waals surface area contributed by atoms with Gasteiger partial charge in [0, 0.05) is 0 Å². The molecule has 0 aliphatic heterocycles. The third kappa shape index (κ3) is 2.58. The highest BCUT2D eigenvalue weighted by atomic mass is 32.2. The molecule has 0 saturated heterocycles. The monoisotopic (exact) mass is 163 g/mol. The Labute approximate surface area is 58.7 Å². The van der Waals surface area contributed by atoms with Crippen molar-refractivity contribution in [2.24, 2.45) is 4.36 Å². The molecule has 0 spiro atoms. The first-order valence-corrected chi connectivity index (χ1v) is 3.73. The van der Waals surface area contributed by atoms with Crippen molar-refractivity contribution >= 4 is 16.6 Å². The minimum atomic E-state index is -2.68. The van der Waals surface area contributed by atoms with E-state index >= 15 is 0 Å². The number of carbonyl (C=O) groups is 1. The van der Waals surface area contributed by atoms with Crippen LogP contribution in [0.2, 0.25) is 0 Å². The largest absolute Gasteiger partial charge is 0.448 e. The van der Waals surface area contributed by atoms with Crippen LogP contribution in [0, 0.1) is 0 Å². The highest BCUT2D eigenvalue weighted by Crippen LogP contribution is 2.23. The van der Waals surface area contributed by atoms with Crippen LogP contribution in [-0.2, 0) is 15.2 Å². The van der Waals surface area contributed by atoms with Crippen molar-refractivity contribution in [3.63, 3.8) is 0 Å². The maximum atomic E-state index is 10.3. The molecular weight excluding hydrogens is 158 g/mol. The van der Waals surface area contributed by atoms with Crippen LogP contribution in [0.25, 0.3) is 0 Å². The second-order valence-corrected chi connectivity index (χ2v) is 2.51. The summed E-state index contributed by atoms with van der Waals surface area (Å²) in [5.41, 5.74) is 0. The molecule has 0 aromatic carbocycles. The molecule has 0 unspecified atom stereocenters. The molecule has 0 atom stereocenters. The van der Waals surface area contributed by atoms with E-state index in [0.717, 1.165) is 12.8 Å². The fraction of sp³-hybridized carbons (Fsp3) is 0.750. The fourth-order valence-electron chi connectivity index (χ4n) is 0.411. The van der Waals surface area contributed by atoms with Crippen LogP contribution >= 0.6 is 0 Å². The van der Waals surface area contributed by atoms with Gasteiger partial charge in [-0.1, -0.05) is 4.36 Å². The Bertz CT molecular complexity index is 255. The number of carbonyl (C=O) groups excluding carboxylic acids is 1. The first-order valence-electron chi connectivity index (χ1n) is 2.70. The maximum absolute atomic E-state index is 10.3. The van der Waals surface area contributed by atoms with Gasteiger partial charge in [-0.15, -0.1) is 0 Å². The van der Waals surface area contributed by atoms with Crippen LogP contribution < -0.4 is 0 Å². The molecule has 1 rings (SSSR count). The van der Waals surface area contributed by atoms with E-state index < -0.39 is 16.6 Å². The van der Waals surface area contributed by atoms with Gasteiger partial charge in [0.15, 0.2) is 0 Å². The van der Waals surface area contributed by atoms with Gasteiger partial charge in [-0.25, -0.2) is 4.79 Å². The summed E-state index contributed by atoms with van der Waals surface area (Å²) in [6.07, 6.45) is 0.509. The highest BCUT2D eigenvalue weighted by molar-refractivity contribution is 7.62. The Morgan fingerprint density at radius 2 is 2.10 bits per heavy atom. The lowest BCUT2D eigenvalue weighted by Gasteiger charge is -1.91. The first kappa shape index (κ1) is 7.20. The summed E-state index contributed by atoms with van der Waals surface area (Å²) in [5, 5.41) is 0. The molecule has 0 bridgehead atoms. The topological polar surface area (TPSA) is 72.8 Å². The van der Waals surface area contributed by atoms with E-state index in [1.807, 2.05) is 0 Å². The van der Waals surface area contributed by atoms with Crippen molar-refractivity contribution in [1.82, 2.24) is 0 Å². The minimum absolute atomic E-state index is 0.0974. The zero-order chi connectivity index (χ0) is 7.56. The van der Waals surface area contributed by atoms with E-state index in [1.165, 1.54) is 0 Å². The molecule has 56 valence electrons. The van der Waals surface area contributed by atoms with Crippen LogP contribution in [0.1, 0.15) is 12.8 Å². The molecule has 1 aliphatic rings. The Hall–Kier alpha value is -0.910. The summed E-state index contributed by atoms with van der Waals surface area (Å²) in [6.45, 7) is 0. The van der Waals surface area contributed by atoms with Crippen LogP contribution in [0.15, 0.2) is 4.36 Å². The lowest BCUT2D eigenvalue weighted by molar-refractivity contribution is 0.151. The van der Waals surface area contributed by atoms with Crippen LogP contribution in [0.3, 0.4) is 0 Å². The summed E-state index contributed by atoms with van der Waals surface area (Å²) in [6, 6.07) is 0. The van der Waals surface area contributed by atoms with Crippen LogP contribution in [0.5, 0.6) is 0 Å². The molecular formula is C4H5NO4S. The quantitative estimate of drug-likeness (QED) is 0.559. The molecule has 1 saturated carbocycles. The van der Waals surface area contributed by atoms with Crippen molar-refractivity contribution in [3.05, 3.63) is 0 Å². The van der Waals surface area contributed by atoms with Crippen molar-refractivity contribution in [2.75, 3.05) is 0 Å². The van der Waals surface area contributed by atoms with Gasteiger partial charge in [0.2, 0.25) is 0 Å². The molecule has 1 fully saturated rings. The smallest absolute Gasteiger partial charge is 0.444 e.